The molecule has 1 aliphatic rings. The molecule has 2 amide bonds. The molecular formula is C29H38N7O18P3S-4. The van der Waals surface area contributed by atoms with Crippen molar-refractivity contribution in [3.05, 3.63) is 42.5 Å². The fourth-order valence-corrected chi connectivity index (χ4v) is 8.59. The van der Waals surface area contributed by atoms with Gasteiger partial charge in [0.2, 0.25) is 16.9 Å². The number of hydrogen-bond donors (Lipinski definition) is 5. The molecule has 3 aromatic rings. The molecule has 2 unspecified atom stereocenters. The summed E-state index contributed by atoms with van der Waals surface area (Å²) in [5, 5.41) is 26.0. The number of nitrogens with two attached hydrogens (primary N) is 1. The molecular weight excluding hydrogens is 859 g/mol. The van der Waals surface area contributed by atoms with Gasteiger partial charge in [-0.25, -0.2) is 19.3 Å². The van der Waals surface area contributed by atoms with Crippen LogP contribution in [0.3, 0.4) is 0 Å². The number of fused-ring (bicyclic) bond motifs is 1. The third-order valence-electron chi connectivity index (χ3n) is 8.04. The minimum absolute atomic E-state index is 0.0251. The number of aliphatic hydroxyl groups is 2. The van der Waals surface area contributed by atoms with Gasteiger partial charge in [-0.1, -0.05) is 37.7 Å². The SMILES string of the molecule is COc1ccccc1C(=O)SCCNC(=O)CCNC(=O)[C@H](O)C(C)(C)COP(=O)([O-])OP(=O)([O-])OC[C@H]1O[C@@H](n2cnc3c(N)ncnc32)[C@H](O)[C@@H]1OP(=O)([O-])[O-]. The average Bonchev–Trinajstić information content (AvgIpc) is 3.71. The van der Waals surface area contributed by atoms with Crippen molar-refractivity contribution in [1.29, 1.82) is 0 Å². The molecule has 3 heterocycles. The number of para-hydroxylation sites is 1. The van der Waals surface area contributed by atoms with Crippen LogP contribution in [0.2, 0.25) is 0 Å². The van der Waals surface area contributed by atoms with E-state index in [0.29, 0.717) is 11.3 Å². The van der Waals surface area contributed by atoms with Crippen molar-refractivity contribution in [2.75, 3.05) is 44.9 Å². The van der Waals surface area contributed by atoms with Crippen LogP contribution in [-0.4, -0.2) is 110 Å². The number of hydrogen-bond acceptors (Lipinski definition) is 23. The third kappa shape index (κ3) is 13.0. The molecule has 25 nitrogen and oxygen atoms in total. The predicted octanol–water partition coefficient (Wildman–Crippen LogP) is -2.54. The van der Waals surface area contributed by atoms with Crippen molar-refractivity contribution in [2.45, 2.75) is 50.9 Å². The van der Waals surface area contributed by atoms with E-state index in [-0.39, 0.29) is 47.4 Å². The number of rotatable bonds is 21. The lowest BCUT2D eigenvalue weighted by atomic mass is 9.87. The smallest absolute Gasteiger partial charge is 0.274 e. The molecule has 1 aliphatic heterocycles. The van der Waals surface area contributed by atoms with Crippen molar-refractivity contribution in [1.82, 2.24) is 30.2 Å². The van der Waals surface area contributed by atoms with Crippen LogP contribution in [0.15, 0.2) is 36.9 Å². The van der Waals surface area contributed by atoms with Crippen LogP contribution in [-0.2, 0) is 45.9 Å². The number of anilines is 1. The Labute approximate surface area is 333 Å². The zero-order chi connectivity index (χ0) is 43.1. The summed E-state index contributed by atoms with van der Waals surface area (Å²) in [6.07, 6.45) is -7.66. The van der Waals surface area contributed by atoms with Crippen molar-refractivity contribution in [3.8, 4) is 5.75 Å². The van der Waals surface area contributed by atoms with E-state index in [2.05, 4.69) is 43.5 Å². The Morgan fingerprint density at radius 3 is 2.43 bits per heavy atom. The van der Waals surface area contributed by atoms with E-state index in [1.165, 1.54) is 21.0 Å². The summed E-state index contributed by atoms with van der Waals surface area (Å²) in [5.41, 5.74) is 4.42. The summed E-state index contributed by atoms with van der Waals surface area (Å²) >= 11 is 0.961. The second kappa shape index (κ2) is 19.8. The summed E-state index contributed by atoms with van der Waals surface area (Å²) < 4.78 is 65.7. The number of benzene rings is 1. The minimum atomic E-state index is -5.92. The first-order chi connectivity index (χ1) is 27.0. The van der Waals surface area contributed by atoms with Crippen molar-refractivity contribution < 1.29 is 85.2 Å². The van der Waals surface area contributed by atoms with Crippen LogP contribution in [0.25, 0.3) is 11.2 Å². The highest BCUT2D eigenvalue weighted by molar-refractivity contribution is 8.14. The first-order valence-electron chi connectivity index (χ1n) is 16.7. The maximum Gasteiger partial charge on any atom is 0.274 e. The van der Waals surface area contributed by atoms with Gasteiger partial charge in [-0.3, -0.25) is 28.1 Å². The van der Waals surface area contributed by atoms with Gasteiger partial charge >= 0.3 is 0 Å². The third-order valence-corrected chi connectivity index (χ3v) is 11.9. The number of phosphoric ester groups is 3. The van der Waals surface area contributed by atoms with Gasteiger partial charge in [0.15, 0.2) is 17.7 Å². The van der Waals surface area contributed by atoms with E-state index in [1.54, 1.807) is 24.3 Å². The van der Waals surface area contributed by atoms with Crippen LogP contribution in [0.5, 0.6) is 5.75 Å². The second-order valence-electron chi connectivity index (χ2n) is 12.8. The molecule has 6 N–H and O–H groups in total. The number of nitrogens with zero attached hydrogens (tertiary/aromatic N) is 4. The van der Waals surface area contributed by atoms with Gasteiger partial charge in [0, 0.05) is 30.7 Å². The topological polar surface area (TPSA) is 384 Å². The molecule has 1 fully saturated rings. The average molecular weight is 898 g/mol. The van der Waals surface area contributed by atoms with E-state index in [1.807, 2.05) is 0 Å². The Hall–Kier alpha value is -3.42. The van der Waals surface area contributed by atoms with Gasteiger partial charge < -0.3 is 73.8 Å². The number of carbonyl (C=O) groups is 3. The zero-order valence-electron chi connectivity index (χ0n) is 30.6. The zero-order valence-corrected chi connectivity index (χ0v) is 34.1. The Kier molecular flexibility index (Phi) is 16.1. The number of methoxy groups -OCH3 is 1. The van der Waals surface area contributed by atoms with E-state index in [9.17, 15) is 57.9 Å². The Bertz CT molecular complexity index is 2090. The van der Waals surface area contributed by atoms with E-state index in [0.717, 1.165) is 29.0 Å². The number of aliphatic hydroxyl groups excluding tert-OH is 2. The van der Waals surface area contributed by atoms with Crippen LogP contribution < -0.4 is 40.7 Å². The standard InChI is InChI=1S/C29H42N7O18P3S/c1-29(2,23(39)26(40)32-9-8-19(37)31-10-11-58-28(41)16-6-4-5-7-17(16)49-3)13-51-57(47,48)54-56(45,46)50-12-18-22(53-55(42,43)44)21(38)27(52-18)36-15-35-20-24(30)33-14-34-25(20)36/h4-7,14-15,18,21-23,27,38-39H,8-13H2,1-3H3,(H,31,37)(H,32,40)(H,45,46)(H,47,48)(H2,30,33,34)(H2,42,43,44)/p-4/t18-,21-,22-,23+,27-/m1/s1. The quantitative estimate of drug-likeness (QED) is 0.0543. The minimum Gasteiger partial charge on any atom is -0.790 e. The van der Waals surface area contributed by atoms with Crippen LogP contribution in [0.4, 0.5) is 5.82 Å². The number of imidazole rings is 1. The molecule has 1 saturated heterocycles. The number of amides is 2. The van der Waals surface area contributed by atoms with Crippen LogP contribution in [0, 0.1) is 5.41 Å². The maximum absolute atomic E-state index is 12.6. The van der Waals surface area contributed by atoms with Crippen molar-refractivity contribution >= 4 is 69.1 Å². The highest BCUT2D eigenvalue weighted by Gasteiger charge is 2.47. The molecule has 0 bridgehead atoms. The molecule has 7 atom stereocenters. The fourth-order valence-electron chi connectivity index (χ4n) is 5.14. The number of carbonyl (C=O) groups excluding carboxylic acids is 3. The fraction of sp³-hybridized carbons (Fsp3) is 0.517. The second-order valence-corrected chi connectivity index (χ2v) is 18.0. The molecule has 2 aromatic heterocycles. The van der Waals surface area contributed by atoms with E-state index >= 15 is 0 Å². The molecule has 0 saturated carbocycles. The lowest BCUT2D eigenvalue weighted by Crippen LogP contribution is -2.46. The largest absolute Gasteiger partial charge is 0.790 e. The predicted molar refractivity (Wildman–Crippen MR) is 191 cm³/mol. The van der Waals surface area contributed by atoms with Gasteiger partial charge in [-0.05, 0) is 12.1 Å². The van der Waals surface area contributed by atoms with Gasteiger partial charge in [0.05, 0.1) is 40.0 Å². The lowest BCUT2D eigenvalue weighted by molar-refractivity contribution is -0.347. The van der Waals surface area contributed by atoms with Crippen molar-refractivity contribution in [2.24, 2.45) is 5.41 Å². The van der Waals surface area contributed by atoms with E-state index in [4.69, 9.17) is 15.2 Å². The van der Waals surface area contributed by atoms with Gasteiger partial charge in [0.25, 0.3) is 15.6 Å². The number of thioether (sulfide) groups is 1. The highest BCUT2D eigenvalue weighted by Crippen LogP contribution is 2.56. The first-order valence-corrected chi connectivity index (χ1v) is 22.0. The lowest BCUT2D eigenvalue weighted by Gasteiger charge is -2.36. The molecule has 29 heteroatoms. The van der Waals surface area contributed by atoms with Crippen LogP contribution in [0.1, 0.15) is 36.9 Å². The van der Waals surface area contributed by atoms with Crippen LogP contribution >= 0.6 is 35.2 Å². The Balaban J connectivity index is 1.23. The first kappa shape index (κ1) is 47.3. The molecule has 322 valence electrons. The van der Waals surface area contributed by atoms with Gasteiger partial charge in [-0.15, -0.1) is 0 Å². The number of ether oxygens (including phenoxy) is 2. The molecule has 4 rings (SSSR count). The molecule has 1 aromatic carbocycles. The molecule has 58 heavy (non-hydrogen) atoms. The summed E-state index contributed by atoms with van der Waals surface area (Å²) in [4.78, 5) is 96.6. The molecule has 0 radical (unpaired) electrons. The van der Waals surface area contributed by atoms with E-state index < -0.39 is 84.6 Å². The monoisotopic (exact) mass is 897 g/mol. The normalized spacial score (nSPS) is 21.2. The van der Waals surface area contributed by atoms with Gasteiger partial charge in [-0.2, -0.15) is 0 Å². The number of nitrogens with one attached hydrogen (secondary N) is 2. The molecule has 0 spiro atoms. The Morgan fingerprint density at radius 1 is 1.05 bits per heavy atom. The number of nitrogen functional groups attached to an aromatic ring is 1. The van der Waals surface area contributed by atoms with Crippen molar-refractivity contribution in [3.63, 3.8) is 0 Å². The highest BCUT2D eigenvalue weighted by atomic mass is 32.2. The number of aromatic nitrogens is 4. The molecule has 0 aliphatic carbocycles. The summed E-state index contributed by atoms with van der Waals surface area (Å²) in [6.45, 7) is -0.0285. The van der Waals surface area contributed by atoms with Gasteiger partial charge in [0.1, 0.15) is 42.0 Å². The number of phosphoric acid groups is 3. The summed E-state index contributed by atoms with van der Waals surface area (Å²) in [7, 11) is -16.2. The maximum atomic E-state index is 12.6. The summed E-state index contributed by atoms with van der Waals surface area (Å²) in [5.74, 6) is -0.952. The summed E-state index contributed by atoms with van der Waals surface area (Å²) in [6, 6.07) is 6.64. The Morgan fingerprint density at radius 2 is 1.74 bits per heavy atom.